The van der Waals surface area contributed by atoms with Crippen molar-refractivity contribution in [1.82, 2.24) is 0 Å². The molecular formula is C9H9ClFN3O2. The highest BCUT2D eigenvalue weighted by Gasteiger charge is 2.18. The van der Waals surface area contributed by atoms with Gasteiger partial charge >= 0.3 is 0 Å². The number of benzene rings is 1. The molecule has 0 saturated heterocycles. The third-order valence-electron chi connectivity index (χ3n) is 1.92. The molecule has 2 atom stereocenters. The zero-order valence-corrected chi connectivity index (χ0v) is 8.84. The summed E-state index contributed by atoms with van der Waals surface area (Å²) < 4.78 is 12.9. The fourth-order valence-corrected chi connectivity index (χ4v) is 1.42. The zero-order chi connectivity index (χ0) is 12.1. The van der Waals surface area contributed by atoms with E-state index >= 15 is 0 Å². The Labute approximate surface area is 95.7 Å². The number of nitrogens with zero attached hydrogens (tertiary/aromatic N) is 3. The second kappa shape index (κ2) is 5.67. The molecule has 0 aliphatic heterocycles. The fraction of sp³-hybridized carbons (Fsp3) is 0.333. The van der Waals surface area contributed by atoms with Crippen molar-refractivity contribution in [3.05, 3.63) is 45.0 Å². The monoisotopic (exact) mass is 245 g/mol. The summed E-state index contributed by atoms with van der Waals surface area (Å²) in [6.45, 7) is -0.300. The van der Waals surface area contributed by atoms with Crippen LogP contribution >= 0.6 is 11.6 Å². The van der Waals surface area contributed by atoms with Crippen LogP contribution in [0.25, 0.3) is 10.4 Å². The van der Waals surface area contributed by atoms with E-state index in [1.807, 2.05) is 0 Å². The van der Waals surface area contributed by atoms with Crippen LogP contribution in [0.4, 0.5) is 4.39 Å². The molecule has 16 heavy (non-hydrogen) atoms. The molecule has 0 spiro atoms. The SMILES string of the molecule is [N-]=[N+]=NCC(O)C(O)c1cc(F)cc(Cl)c1. The van der Waals surface area contributed by atoms with E-state index < -0.39 is 18.0 Å². The summed E-state index contributed by atoms with van der Waals surface area (Å²) in [4.78, 5) is 2.44. The van der Waals surface area contributed by atoms with Gasteiger partial charge in [-0.2, -0.15) is 0 Å². The molecule has 0 bridgehead atoms. The first-order chi connectivity index (χ1) is 7.54. The topological polar surface area (TPSA) is 89.2 Å². The molecule has 1 rings (SSSR count). The van der Waals surface area contributed by atoms with Crippen molar-refractivity contribution in [2.45, 2.75) is 12.2 Å². The first-order valence-corrected chi connectivity index (χ1v) is 4.75. The van der Waals surface area contributed by atoms with E-state index in [4.69, 9.17) is 17.1 Å². The number of halogens is 2. The first kappa shape index (κ1) is 12.7. The van der Waals surface area contributed by atoms with E-state index in [-0.39, 0.29) is 17.1 Å². The van der Waals surface area contributed by atoms with E-state index in [2.05, 4.69) is 10.0 Å². The van der Waals surface area contributed by atoms with Crippen molar-refractivity contribution >= 4 is 11.6 Å². The minimum absolute atomic E-state index is 0.116. The Kier molecular flexibility index (Phi) is 4.52. The number of hydrogen-bond donors (Lipinski definition) is 2. The first-order valence-electron chi connectivity index (χ1n) is 4.37. The van der Waals surface area contributed by atoms with Gasteiger partial charge in [0.1, 0.15) is 11.9 Å². The molecule has 1 aromatic carbocycles. The average molecular weight is 246 g/mol. The van der Waals surface area contributed by atoms with E-state index in [1.165, 1.54) is 6.07 Å². The second-order valence-electron chi connectivity index (χ2n) is 3.13. The van der Waals surface area contributed by atoms with Crippen LogP contribution in [0, 0.1) is 5.82 Å². The lowest BCUT2D eigenvalue weighted by Gasteiger charge is -2.16. The molecule has 0 aromatic heterocycles. The highest BCUT2D eigenvalue weighted by molar-refractivity contribution is 6.30. The van der Waals surface area contributed by atoms with Crippen LogP contribution in [-0.4, -0.2) is 22.9 Å². The Morgan fingerprint density at radius 2 is 2.12 bits per heavy atom. The van der Waals surface area contributed by atoms with Crippen LogP contribution < -0.4 is 0 Å². The van der Waals surface area contributed by atoms with Gasteiger partial charge in [-0.25, -0.2) is 4.39 Å². The third-order valence-corrected chi connectivity index (χ3v) is 2.14. The largest absolute Gasteiger partial charge is 0.390 e. The summed E-state index contributed by atoms with van der Waals surface area (Å²) >= 11 is 5.59. The molecule has 2 N–H and O–H groups in total. The average Bonchev–Trinajstić information content (AvgIpc) is 2.23. The van der Waals surface area contributed by atoms with Crippen LogP contribution in [0.3, 0.4) is 0 Å². The second-order valence-corrected chi connectivity index (χ2v) is 3.56. The van der Waals surface area contributed by atoms with Crippen LogP contribution in [-0.2, 0) is 0 Å². The van der Waals surface area contributed by atoms with Crippen molar-refractivity contribution in [3.63, 3.8) is 0 Å². The van der Waals surface area contributed by atoms with Gasteiger partial charge in [0.2, 0.25) is 0 Å². The summed E-state index contributed by atoms with van der Waals surface area (Å²) in [5.41, 5.74) is 8.17. The van der Waals surface area contributed by atoms with Crippen LogP contribution in [0.15, 0.2) is 23.3 Å². The van der Waals surface area contributed by atoms with Crippen molar-refractivity contribution in [3.8, 4) is 0 Å². The quantitative estimate of drug-likeness (QED) is 0.484. The molecule has 5 nitrogen and oxygen atoms in total. The highest BCUT2D eigenvalue weighted by Crippen LogP contribution is 2.22. The van der Waals surface area contributed by atoms with Crippen molar-refractivity contribution in [2.75, 3.05) is 6.54 Å². The van der Waals surface area contributed by atoms with Gasteiger partial charge < -0.3 is 10.2 Å². The number of aliphatic hydroxyl groups excluding tert-OH is 2. The molecule has 0 aliphatic rings. The van der Waals surface area contributed by atoms with Crippen LogP contribution in [0.1, 0.15) is 11.7 Å². The Morgan fingerprint density at radius 3 is 2.69 bits per heavy atom. The van der Waals surface area contributed by atoms with Crippen molar-refractivity contribution < 1.29 is 14.6 Å². The molecule has 7 heteroatoms. The molecule has 0 aliphatic carbocycles. The smallest absolute Gasteiger partial charge is 0.125 e. The molecule has 0 saturated carbocycles. The summed E-state index contributed by atoms with van der Waals surface area (Å²) in [6.07, 6.45) is -2.65. The summed E-state index contributed by atoms with van der Waals surface area (Å²) in [6, 6.07) is 3.46. The standard InChI is InChI=1S/C9H9ClFN3O2/c10-6-1-5(2-7(11)3-6)9(16)8(15)4-13-14-12/h1-3,8-9,15-16H,4H2. The van der Waals surface area contributed by atoms with Gasteiger partial charge in [0, 0.05) is 9.93 Å². The van der Waals surface area contributed by atoms with E-state index in [0.29, 0.717) is 0 Å². The maximum Gasteiger partial charge on any atom is 0.125 e. The molecule has 0 amide bonds. The van der Waals surface area contributed by atoms with Gasteiger partial charge in [-0.05, 0) is 29.3 Å². The summed E-state index contributed by atoms with van der Waals surface area (Å²) in [5, 5.41) is 22.2. The summed E-state index contributed by atoms with van der Waals surface area (Å²) in [5.74, 6) is -0.613. The van der Waals surface area contributed by atoms with Crippen molar-refractivity contribution in [2.24, 2.45) is 5.11 Å². The molecule has 0 fully saturated rings. The van der Waals surface area contributed by atoms with E-state index in [0.717, 1.165) is 12.1 Å². The molecule has 1 aromatic rings. The molecular weight excluding hydrogens is 237 g/mol. The lowest BCUT2D eigenvalue weighted by molar-refractivity contribution is 0.0242. The minimum Gasteiger partial charge on any atom is -0.390 e. The Balaban J connectivity index is 2.86. The number of rotatable bonds is 4. The predicted molar refractivity (Wildman–Crippen MR) is 56.4 cm³/mol. The molecule has 0 heterocycles. The van der Waals surface area contributed by atoms with Gasteiger partial charge in [0.15, 0.2) is 0 Å². The predicted octanol–water partition coefficient (Wildman–Crippen LogP) is 2.18. The number of hydrogen-bond acceptors (Lipinski definition) is 3. The van der Waals surface area contributed by atoms with Gasteiger partial charge in [-0.15, -0.1) is 0 Å². The van der Waals surface area contributed by atoms with Gasteiger partial charge in [-0.1, -0.05) is 16.7 Å². The van der Waals surface area contributed by atoms with Crippen LogP contribution in [0.5, 0.6) is 0 Å². The normalized spacial score (nSPS) is 14.0. The zero-order valence-electron chi connectivity index (χ0n) is 8.09. The van der Waals surface area contributed by atoms with Crippen LogP contribution in [0.2, 0.25) is 5.02 Å². The lowest BCUT2D eigenvalue weighted by atomic mass is 10.0. The van der Waals surface area contributed by atoms with Gasteiger partial charge in [0.25, 0.3) is 0 Å². The number of azide groups is 1. The van der Waals surface area contributed by atoms with Gasteiger partial charge in [-0.3, -0.25) is 0 Å². The maximum atomic E-state index is 12.9. The Hall–Kier alpha value is -1.33. The van der Waals surface area contributed by atoms with E-state index in [9.17, 15) is 14.6 Å². The fourth-order valence-electron chi connectivity index (χ4n) is 1.19. The minimum atomic E-state index is -1.35. The van der Waals surface area contributed by atoms with Crippen molar-refractivity contribution in [1.29, 1.82) is 0 Å². The van der Waals surface area contributed by atoms with Gasteiger partial charge in [0.05, 0.1) is 12.6 Å². The molecule has 2 unspecified atom stereocenters. The molecule has 0 radical (unpaired) electrons. The van der Waals surface area contributed by atoms with E-state index in [1.54, 1.807) is 0 Å². The maximum absolute atomic E-state index is 12.9. The Morgan fingerprint density at radius 1 is 1.44 bits per heavy atom. The lowest BCUT2D eigenvalue weighted by Crippen LogP contribution is -2.21. The highest BCUT2D eigenvalue weighted by atomic mass is 35.5. The number of aliphatic hydroxyl groups is 2. The summed E-state index contributed by atoms with van der Waals surface area (Å²) in [7, 11) is 0. The third kappa shape index (κ3) is 3.36. The Bertz CT molecular complexity index is 403. The molecule has 86 valence electrons.